The number of phenolic OH excluding ortho intramolecular Hbond substituents is 1. The maximum atomic E-state index is 10.8. The number of phenols is 1. The highest BCUT2D eigenvalue weighted by Crippen LogP contribution is 2.33. The SMILES string of the molecule is Oc1c(COC2CNCCC2c2ccc(OCc3nc(-c4cccs4)no3)cc2)ccc2ccccc12. The van der Waals surface area contributed by atoms with Crippen molar-refractivity contribution in [2.75, 3.05) is 13.1 Å². The molecule has 2 unspecified atom stereocenters. The molecule has 188 valence electrons. The zero-order chi connectivity index (χ0) is 25.0. The fourth-order valence-electron chi connectivity index (χ4n) is 4.78. The Morgan fingerprint density at radius 1 is 1.00 bits per heavy atom. The van der Waals surface area contributed by atoms with Gasteiger partial charge in [-0.25, -0.2) is 0 Å². The van der Waals surface area contributed by atoms with E-state index in [0.29, 0.717) is 24.1 Å². The first-order valence-electron chi connectivity index (χ1n) is 12.4. The van der Waals surface area contributed by atoms with Crippen LogP contribution < -0.4 is 10.1 Å². The highest BCUT2D eigenvalue weighted by molar-refractivity contribution is 7.13. The number of hydrogen-bond acceptors (Lipinski definition) is 8. The van der Waals surface area contributed by atoms with Crippen LogP contribution in [0.2, 0.25) is 0 Å². The second kappa shape index (κ2) is 10.7. The molecule has 6 rings (SSSR count). The lowest BCUT2D eigenvalue weighted by Crippen LogP contribution is -2.40. The fourth-order valence-corrected chi connectivity index (χ4v) is 5.42. The Morgan fingerprint density at radius 2 is 1.89 bits per heavy atom. The van der Waals surface area contributed by atoms with E-state index >= 15 is 0 Å². The Labute approximate surface area is 218 Å². The molecule has 0 bridgehead atoms. The summed E-state index contributed by atoms with van der Waals surface area (Å²) in [6.07, 6.45) is 0.975. The Morgan fingerprint density at radius 3 is 2.76 bits per heavy atom. The van der Waals surface area contributed by atoms with E-state index in [1.807, 2.05) is 66.0 Å². The van der Waals surface area contributed by atoms with Crippen molar-refractivity contribution in [3.8, 4) is 22.2 Å². The van der Waals surface area contributed by atoms with E-state index in [1.54, 1.807) is 11.3 Å². The molecule has 3 heterocycles. The Bertz CT molecular complexity index is 1470. The molecule has 1 fully saturated rings. The number of ether oxygens (including phenoxy) is 2. The molecule has 0 spiro atoms. The summed E-state index contributed by atoms with van der Waals surface area (Å²) in [5.41, 5.74) is 2.01. The molecule has 3 aromatic carbocycles. The van der Waals surface area contributed by atoms with Gasteiger partial charge in [0.05, 0.1) is 17.6 Å². The molecule has 37 heavy (non-hydrogen) atoms. The number of piperidine rings is 1. The maximum Gasteiger partial charge on any atom is 0.264 e. The number of aromatic nitrogens is 2. The molecule has 2 atom stereocenters. The van der Waals surface area contributed by atoms with Gasteiger partial charge < -0.3 is 24.4 Å². The third-order valence-electron chi connectivity index (χ3n) is 6.74. The van der Waals surface area contributed by atoms with Gasteiger partial charge in [-0.15, -0.1) is 11.3 Å². The van der Waals surface area contributed by atoms with Crippen molar-refractivity contribution in [1.29, 1.82) is 0 Å². The highest BCUT2D eigenvalue weighted by atomic mass is 32.1. The van der Waals surface area contributed by atoms with Crippen LogP contribution in [-0.4, -0.2) is 34.4 Å². The van der Waals surface area contributed by atoms with Gasteiger partial charge in [-0.2, -0.15) is 4.98 Å². The van der Waals surface area contributed by atoms with Crippen molar-refractivity contribution in [1.82, 2.24) is 15.5 Å². The van der Waals surface area contributed by atoms with Gasteiger partial charge in [0.15, 0.2) is 6.61 Å². The summed E-state index contributed by atoms with van der Waals surface area (Å²) in [6.45, 7) is 2.28. The molecule has 0 aliphatic carbocycles. The summed E-state index contributed by atoms with van der Waals surface area (Å²) in [4.78, 5) is 5.37. The minimum atomic E-state index is 0.000421. The van der Waals surface area contributed by atoms with Gasteiger partial charge >= 0.3 is 0 Å². The number of hydrogen-bond donors (Lipinski definition) is 2. The molecule has 1 aliphatic heterocycles. The molecular formula is C29H27N3O4S. The van der Waals surface area contributed by atoms with Crippen LogP contribution in [-0.2, 0) is 18.0 Å². The lowest BCUT2D eigenvalue weighted by atomic mass is 9.87. The van der Waals surface area contributed by atoms with Crippen LogP contribution in [0.3, 0.4) is 0 Å². The van der Waals surface area contributed by atoms with E-state index in [-0.39, 0.29) is 18.6 Å². The third-order valence-corrected chi connectivity index (χ3v) is 7.61. The van der Waals surface area contributed by atoms with Crippen molar-refractivity contribution >= 4 is 22.1 Å². The lowest BCUT2D eigenvalue weighted by molar-refractivity contribution is 0.00991. The molecule has 1 saturated heterocycles. The molecule has 5 aromatic rings. The standard InChI is InChI=1S/C29H27N3O4S/c33-28-21(8-7-19-4-1-2-5-24(19)28)17-35-25-16-30-14-13-23(25)20-9-11-22(12-10-20)34-18-27-31-29(32-36-27)26-6-3-15-37-26/h1-12,15,23,25,30,33H,13-14,16-18H2. The number of thiophene rings is 1. The van der Waals surface area contributed by atoms with E-state index < -0.39 is 0 Å². The van der Waals surface area contributed by atoms with Crippen molar-refractivity contribution in [3.63, 3.8) is 0 Å². The van der Waals surface area contributed by atoms with Gasteiger partial charge in [0.2, 0.25) is 5.82 Å². The summed E-state index contributed by atoms with van der Waals surface area (Å²) in [5, 5.41) is 22.1. The largest absolute Gasteiger partial charge is 0.507 e. The molecule has 2 N–H and O–H groups in total. The highest BCUT2D eigenvalue weighted by Gasteiger charge is 2.27. The summed E-state index contributed by atoms with van der Waals surface area (Å²) in [5.74, 6) is 2.31. The lowest BCUT2D eigenvalue weighted by Gasteiger charge is -2.32. The monoisotopic (exact) mass is 513 g/mol. The van der Waals surface area contributed by atoms with E-state index in [1.165, 1.54) is 5.56 Å². The smallest absolute Gasteiger partial charge is 0.264 e. The fraction of sp³-hybridized carbons (Fsp3) is 0.241. The quantitative estimate of drug-likeness (QED) is 0.267. The average Bonchev–Trinajstić information content (AvgIpc) is 3.65. The van der Waals surface area contributed by atoms with Crippen molar-refractivity contribution < 1.29 is 19.1 Å². The summed E-state index contributed by atoms with van der Waals surface area (Å²) < 4.78 is 17.6. The van der Waals surface area contributed by atoms with E-state index in [9.17, 15) is 5.11 Å². The predicted octanol–water partition coefficient (Wildman–Crippen LogP) is 5.90. The summed E-state index contributed by atoms with van der Waals surface area (Å²) in [6, 6.07) is 23.9. The first-order chi connectivity index (χ1) is 18.2. The predicted molar refractivity (Wildman–Crippen MR) is 143 cm³/mol. The van der Waals surface area contributed by atoms with E-state index in [4.69, 9.17) is 14.0 Å². The Balaban J connectivity index is 1.09. The zero-order valence-electron chi connectivity index (χ0n) is 20.2. The molecule has 1 aliphatic rings. The number of nitrogens with one attached hydrogen (secondary N) is 1. The van der Waals surface area contributed by atoms with E-state index in [0.717, 1.165) is 46.5 Å². The first-order valence-corrected chi connectivity index (χ1v) is 13.2. The molecule has 0 saturated carbocycles. The summed E-state index contributed by atoms with van der Waals surface area (Å²) >= 11 is 1.57. The van der Waals surface area contributed by atoms with Gasteiger partial charge in [0.25, 0.3) is 5.89 Å². The van der Waals surface area contributed by atoms with Gasteiger partial charge in [-0.1, -0.05) is 59.8 Å². The van der Waals surface area contributed by atoms with Crippen molar-refractivity contribution in [2.24, 2.45) is 0 Å². The number of benzene rings is 3. The van der Waals surface area contributed by atoms with Gasteiger partial charge in [0, 0.05) is 23.4 Å². The molecule has 0 radical (unpaired) electrons. The molecule has 8 heteroatoms. The van der Waals surface area contributed by atoms with Crippen molar-refractivity contribution in [2.45, 2.75) is 31.7 Å². The molecular weight excluding hydrogens is 486 g/mol. The van der Waals surface area contributed by atoms with Crippen LogP contribution >= 0.6 is 11.3 Å². The van der Waals surface area contributed by atoms with Gasteiger partial charge in [0.1, 0.15) is 11.5 Å². The van der Waals surface area contributed by atoms with Crippen LogP contribution in [0.5, 0.6) is 11.5 Å². The van der Waals surface area contributed by atoms with Crippen LogP contribution in [0.1, 0.15) is 29.4 Å². The Kier molecular flexibility index (Phi) is 6.86. The van der Waals surface area contributed by atoms with E-state index in [2.05, 4.69) is 27.6 Å². The summed E-state index contributed by atoms with van der Waals surface area (Å²) in [7, 11) is 0. The van der Waals surface area contributed by atoms with Crippen LogP contribution in [0.4, 0.5) is 0 Å². The number of aromatic hydroxyl groups is 1. The number of nitrogens with zero attached hydrogens (tertiary/aromatic N) is 2. The molecule has 7 nitrogen and oxygen atoms in total. The maximum absolute atomic E-state index is 10.8. The number of fused-ring (bicyclic) bond motifs is 1. The van der Waals surface area contributed by atoms with Crippen LogP contribution in [0.25, 0.3) is 21.5 Å². The van der Waals surface area contributed by atoms with Crippen LogP contribution in [0.15, 0.2) is 82.7 Å². The molecule has 0 amide bonds. The van der Waals surface area contributed by atoms with Crippen LogP contribution in [0, 0.1) is 0 Å². The number of rotatable bonds is 8. The second-order valence-corrected chi connectivity index (χ2v) is 10.0. The van der Waals surface area contributed by atoms with Gasteiger partial charge in [-0.3, -0.25) is 0 Å². The second-order valence-electron chi connectivity index (χ2n) is 9.09. The average molecular weight is 514 g/mol. The topological polar surface area (TPSA) is 89.6 Å². The minimum Gasteiger partial charge on any atom is -0.507 e. The van der Waals surface area contributed by atoms with Crippen molar-refractivity contribution in [3.05, 3.63) is 95.2 Å². The first kappa shape index (κ1) is 23.7. The zero-order valence-corrected chi connectivity index (χ0v) is 21.0. The normalized spacial score (nSPS) is 17.7. The third kappa shape index (κ3) is 5.22. The van der Waals surface area contributed by atoms with Gasteiger partial charge in [-0.05, 0) is 47.5 Å². The minimum absolute atomic E-state index is 0.000421. The molecule has 2 aromatic heterocycles. The Hall–Kier alpha value is -3.72.